The van der Waals surface area contributed by atoms with Crippen molar-refractivity contribution in [3.63, 3.8) is 0 Å². The molecule has 1 aliphatic heterocycles. The van der Waals surface area contributed by atoms with Crippen molar-refractivity contribution in [2.75, 3.05) is 11.5 Å². The molecule has 0 aromatic rings. The normalized spacial score (nSPS) is 21.8. The van der Waals surface area contributed by atoms with Gasteiger partial charge < -0.3 is 5.73 Å². The van der Waals surface area contributed by atoms with E-state index in [9.17, 15) is 9.59 Å². The number of nitrogens with one attached hydrogen (secondary N) is 2. The molecule has 0 radical (unpaired) electrons. The molecular formula is C6H11N3O2S. The van der Waals surface area contributed by atoms with E-state index in [1.54, 1.807) is 11.8 Å². The smallest absolute Gasteiger partial charge is 0.330 e. The van der Waals surface area contributed by atoms with E-state index in [0.29, 0.717) is 0 Å². The Morgan fingerprint density at radius 1 is 1.42 bits per heavy atom. The summed E-state index contributed by atoms with van der Waals surface area (Å²) in [6.07, 6.45) is 0.872. The highest BCUT2D eigenvalue weighted by Crippen LogP contribution is 2.22. The number of thioether (sulfide) groups is 1. The summed E-state index contributed by atoms with van der Waals surface area (Å²) in [6.45, 7) is 0. The minimum absolute atomic E-state index is 0.0156. The van der Waals surface area contributed by atoms with Crippen molar-refractivity contribution in [2.24, 2.45) is 11.7 Å². The summed E-state index contributed by atoms with van der Waals surface area (Å²) in [6, 6.07) is -0.742. The first-order valence-electron chi connectivity index (χ1n) is 3.63. The maximum absolute atomic E-state index is 11.2. The summed E-state index contributed by atoms with van der Waals surface area (Å²) in [5, 5.41) is 0. The summed E-state index contributed by atoms with van der Waals surface area (Å²) in [7, 11) is 0. The lowest BCUT2D eigenvalue weighted by atomic mass is 10.1. The van der Waals surface area contributed by atoms with Gasteiger partial charge in [0.05, 0.1) is 0 Å². The lowest BCUT2D eigenvalue weighted by Crippen LogP contribution is -2.46. The summed E-state index contributed by atoms with van der Waals surface area (Å²) < 4.78 is 0. The number of hydrogen-bond donors (Lipinski definition) is 3. The Bertz CT molecular complexity index is 191. The number of hydrazine groups is 1. The van der Waals surface area contributed by atoms with Crippen molar-refractivity contribution in [2.45, 2.75) is 6.42 Å². The highest BCUT2D eigenvalue weighted by Gasteiger charge is 2.22. The van der Waals surface area contributed by atoms with Crippen LogP contribution in [-0.2, 0) is 4.79 Å². The molecule has 3 amide bonds. The van der Waals surface area contributed by atoms with Crippen LogP contribution in [-0.4, -0.2) is 23.4 Å². The predicted octanol–water partition coefficient (Wildman–Crippen LogP) is -0.561. The van der Waals surface area contributed by atoms with Crippen LogP contribution in [0.15, 0.2) is 0 Å². The molecule has 4 N–H and O–H groups in total. The number of carbonyl (C=O) groups excluding carboxylic acids is 2. The van der Waals surface area contributed by atoms with Crippen LogP contribution in [0.4, 0.5) is 4.79 Å². The first kappa shape index (κ1) is 9.18. The van der Waals surface area contributed by atoms with E-state index in [0.717, 1.165) is 17.9 Å². The Kier molecular flexibility index (Phi) is 3.21. The van der Waals surface area contributed by atoms with Gasteiger partial charge in [0.25, 0.3) is 0 Å². The molecule has 1 aliphatic rings. The van der Waals surface area contributed by atoms with Gasteiger partial charge in [-0.15, -0.1) is 0 Å². The van der Waals surface area contributed by atoms with Gasteiger partial charge in [0, 0.05) is 11.7 Å². The molecule has 0 bridgehead atoms. The first-order chi connectivity index (χ1) is 5.70. The minimum Gasteiger partial charge on any atom is -0.350 e. The Balaban J connectivity index is 2.23. The zero-order valence-corrected chi connectivity index (χ0v) is 7.32. The molecule has 0 spiro atoms. The van der Waals surface area contributed by atoms with Crippen molar-refractivity contribution in [3.8, 4) is 0 Å². The highest BCUT2D eigenvalue weighted by atomic mass is 32.2. The van der Waals surface area contributed by atoms with Crippen molar-refractivity contribution in [3.05, 3.63) is 0 Å². The number of primary amides is 1. The molecule has 6 heteroatoms. The Morgan fingerprint density at radius 2 is 2.17 bits per heavy atom. The maximum atomic E-state index is 11.2. The molecular weight excluding hydrogens is 178 g/mol. The average Bonchev–Trinajstić information content (AvgIpc) is 2.51. The zero-order chi connectivity index (χ0) is 8.97. The third kappa shape index (κ3) is 2.61. The van der Waals surface area contributed by atoms with Gasteiger partial charge in [-0.25, -0.2) is 10.2 Å². The average molecular weight is 189 g/mol. The van der Waals surface area contributed by atoms with Crippen LogP contribution in [0.5, 0.6) is 0 Å². The molecule has 1 heterocycles. The summed E-state index contributed by atoms with van der Waals surface area (Å²) >= 11 is 1.74. The van der Waals surface area contributed by atoms with Crippen LogP contribution in [0.25, 0.3) is 0 Å². The standard InChI is InChI=1S/C6H11N3O2S/c7-6(11)9-8-5(10)4-1-2-12-3-4/h4H,1-3H2,(H,8,10)(H3,7,9,11). The van der Waals surface area contributed by atoms with E-state index >= 15 is 0 Å². The molecule has 1 unspecified atom stereocenters. The number of urea groups is 1. The van der Waals surface area contributed by atoms with Crippen LogP contribution in [0.3, 0.4) is 0 Å². The fraction of sp³-hybridized carbons (Fsp3) is 0.667. The quantitative estimate of drug-likeness (QED) is 0.483. The molecule has 68 valence electrons. The second kappa shape index (κ2) is 4.20. The summed E-state index contributed by atoms with van der Waals surface area (Å²) in [5.74, 6) is 1.70. The van der Waals surface area contributed by atoms with Gasteiger partial charge in [0.2, 0.25) is 5.91 Å². The third-order valence-corrected chi connectivity index (χ3v) is 2.77. The Hall–Kier alpha value is -0.910. The third-order valence-electron chi connectivity index (χ3n) is 1.61. The molecule has 1 rings (SSSR count). The molecule has 0 aliphatic carbocycles. The van der Waals surface area contributed by atoms with E-state index < -0.39 is 6.03 Å². The molecule has 1 fully saturated rings. The molecule has 1 atom stereocenters. The topological polar surface area (TPSA) is 84.2 Å². The van der Waals surface area contributed by atoms with Gasteiger partial charge in [-0.3, -0.25) is 10.2 Å². The molecule has 5 nitrogen and oxygen atoms in total. The van der Waals surface area contributed by atoms with E-state index in [-0.39, 0.29) is 11.8 Å². The van der Waals surface area contributed by atoms with E-state index in [4.69, 9.17) is 5.73 Å². The van der Waals surface area contributed by atoms with Gasteiger partial charge in [-0.05, 0) is 12.2 Å². The molecule has 0 aromatic carbocycles. The summed E-state index contributed by atoms with van der Waals surface area (Å²) in [4.78, 5) is 21.4. The molecule has 0 aromatic heterocycles. The number of hydrogen-bond acceptors (Lipinski definition) is 3. The van der Waals surface area contributed by atoms with Gasteiger partial charge in [0.1, 0.15) is 0 Å². The van der Waals surface area contributed by atoms with Gasteiger partial charge >= 0.3 is 6.03 Å². The van der Waals surface area contributed by atoms with Crippen LogP contribution >= 0.6 is 11.8 Å². The fourth-order valence-corrected chi connectivity index (χ4v) is 2.19. The van der Waals surface area contributed by atoms with Crippen LogP contribution in [0.1, 0.15) is 6.42 Å². The maximum Gasteiger partial charge on any atom is 0.330 e. The fourth-order valence-electron chi connectivity index (χ4n) is 0.967. The number of nitrogens with two attached hydrogens (primary N) is 1. The van der Waals surface area contributed by atoms with Crippen molar-refractivity contribution in [1.29, 1.82) is 0 Å². The van der Waals surface area contributed by atoms with Crippen molar-refractivity contribution < 1.29 is 9.59 Å². The first-order valence-corrected chi connectivity index (χ1v) is 4.78. The summed E-state index contributed by atoms with van der Waals surface area (Å²) in [5.41, 5.74) is 9.07. The number of rotatable bonds is 1. The van der Waals surface area contributed by atoms with Gasteiger partial charge in [0.15, 0.2) is 0 Å². The molecule has 0 saturated carbocycles. The number of carbonyl (C=O) groups is 2. The largest absolute Gasteiger partial charge is 0.350 e. The molecule has 12 heavy (non-hydrogen) atoms. The van der Waals surface area contributed by atoms with Crippen molar-refractivity contribution >= 4 is 23.7 Å². The Morgan fingerprint density at radius 3 is 2.67 bits per heavy atom. The second-order valence-corrected chi connectivity index (χ2v) is 3.69. The second-order valence-electron chi connectivity index (χ2n) is 2.54. The highest BCUT2D eigenvalue weighted by molar-refractivity contribution is 7.99. The van der Waals surface area contributed by atoms with E-state index in [1.165, 1.54) is 0 Å². The van der Waals surface area contributed by atoms with Crippen LogP contribution in [0, 0.1) is 5.92 Å². The SMILES string of the molecule is NC(=O)NNC(=O)C1CCSC1. The number of amides is 3. The Labute approximate surface area is 74.4 Å². The lowest BCUT2D eigenvalue weighted by Gasteiger charge is -2.08. The predicted molar refractivity (Wildman–Crippen MR) is 46.3 cm³/mol. The zero-order valence-electron chi connectivity index (χ0n) is 6.50. The van der Waals surface area contributed by atoms with E-state index in [2.05, 4.69) is 10.9 Å². The van der Waals surface area contributed by atoms with Gasteiger partial charge in [-0.1, -0.05) is 0 Å². The van der Waals surface area contributed by atoms with Crippen LogP contribution < -0.4 is 16.6 Å². The molecule has 1 saturated heterocycles. The van der Waals surface area contributed by atoms with Gasteiger partial charge in [-0.2, -0.15) is 11.8 Å². The monoisotopic (exact) mass is 189 g/mol. The lowest BCUT2D eigenvalue weighted by molar-refractivity contribution is -0.124. The van der Waals surface area contributed by atoms with E-state index in [1.807, 2.05) is 0 Å². The minimum atomic E-state index is -0.742. The van der Waals surface area contributed by atoms with Crippen molar-refractivity contribution in [1.82, 2.24) is 10.9 Å². The van der Waals surface area contributed by atoms with Crippen LogP contribution in [0.2, 0.25) is 0 Å².